The number of hydrogen-bond acceptors (Lipinski definition) is 3. The fourth-order valence-electron chi connectivity index (χ4n) is 1.80. The van der Waals surface area contributed by atoms with Crippen LogP contribution in [0.3, 0.4) is 0 Å². The lowest BCUT2D eigenvalue weighted by molar-refractivity contribution is -0.120. The zero-order valence-electron chi connectivity index (χ0n) is 8.87. The van der Waals surface area contributed by atoms with Crippen LogP contribution < -0.4 is 10.6 Å². The summed E-state index contributed by atoms with van der Waals surface area (Å²) in [6.45, 7) is 1.76. The minimum absolute atomic E-state index is 0.0504. The maximum Gasteiger partial charge on any atom is 0.228 e. The molecule has 0 aromatic carbocycles. The first kappa shape index (κ1) is 11.4. The van der Waals surface area contributed by atoms with Crippen LogP contribution >= 0.6 is 11.6 Å². The van der Waals surface area contributed by atoms with E-state index in [0.717, 1.165) is 25.9 Å². The van der Waals surface area contributed by atoms with Gasteiger partial charge in [-0.1, -0.05) is 11.6 Å². The highest BCUT2D eigenvalue weighted by Crippen LogP contribution is 2.16. The molecule has 1 saturated heterocycles. The van der Waals surface area contributed by atoms with Gasteiger partial charge in [0.25, 0.3) is 0 Å². The highest BCUT2D eigenvalue weighted by atomic mass is 35.5. The number of carbonyl (C=O) groups is 1. The van der Waals surface area contributed by atoms with Crippen LogP contribution in [0.15, 0.2) is 18.3 Å². The van der Waals surface area contributed by atoms with Gasteiger partial charge < -0.3 is 10.6 Å². The molecule has 1 atom stereocenters. The number of piperidine rings is 1. The van der Waals surface area contributed by atoms with Crippen molar-refractivity contribution >= 4 is 23.2 Å². The van der Waals surface area contributed by atoms with Crippen molar-refractivity contribution in [2.24, 2.45) is 5.92 Å². The first-order valence-electron chi connectivity index (χ1n) is 5.39. The second-order valence-electron chi connectivity index (χ2n) is 3.90. The Labute approximate surface area is 99.4 Å². The van der Waals surface area contributed by atoms with E-state index in [2.05, 4.69) is 15.6 Å². The number of aromatic nitrogens is 1. The van der Waals surface area contributed by atoms with Crippen LogP contribution in [-0.4, -0.2) is 24.0 Å². The van der Waals surface area contributed by atoms with Crippen molar-refractivity contribution in [3.63, 3.8) is 0 Å². The molecule has 1 amide bonds. The van der Waals surface area contributed by atoms with E-state index in [4.69, 9.17) is 11.6 Å². The molecule has 4 nitrogen and oxygen atoms in total. The summed E-state index contributed by atoms with van der Waals surface area (Å²) in [7, 11) is 0. The molecule has 0 saturated carbocycles. The third kappa shape index (κ3) is 2.93. The van der Waals surface area contributed by atoms with Crippen LogP contribution in [0, 0.1) is 5.92 Å². The molecule has 5 heteroatoms. The van der Waals surface area contributed by atoms with E-state index < -0.39 is 0 Å². The molecule has 1 aromatic rings. The van der Waals surface area contributed by atoms with Gasteiger partial charge in [-0.25, -0.2) is 4.98 Å². The number of rotatable bonds is 2. The Morgan fingerprint density at radius 2 is 2.50 bits per heavy atom. The van der Waals surface area contributed by atoms with Crippen LogP contribution in [0.1, 0.15) is 12.8 Å². The molecule has 0 aliphatic carbocycles. The number of pyridine rings is 1. The summed E-state index contributed by atoms with van der Waals surface area (Å²) in [5.74, 6) is 0.107. The Morgan fingerprint density at radius 1 is 1.62 bits per heavy atom. The van der Waals surface area contributed by atoms with E-state index in [1.54, 1.807) is 18.3 Å². The average Bonchev–Trinajstić information content (AvgIpc) is 2.30. The number of carbonyl (C=O) groups excluding carboxylic acids is 1. The molecule has 86 valence electrons. The van der Waals surface area contributed by atoms with Crippen molar-refractivity contribution < 1.29 is 4.79 Å². The Kier molecular flexibility index (Phi) is 3.74. The summed E-state index contributed by atoms with van der Waals surface area (Å²) < 4.78 is 0. The fourth-order valence-corrected chi connectivity index (χ4v) is 1.97. The van der Waals surface area contributed by atoms with E-state index in [1.165, 1.54) is 0 Å². The van der Waals surface area contributed by atoms with Gasteiger partial charge in [-0.2, -0.15) is 0 Å². The van der Waals surface area contributed by atoms with E-state index in [-0.39, 0.29) is 11.8 Å². The maximum absolute atomic E-state index is 11.9. The maximum atomic E-state index is 11.9. The van der Waals surface area contributed by atoms with Gasteiger partial charge in [0.2, 0.25) is 5.91 Å². The number of amides is 1. The van der Waals surface area contributed by atoms with Gasteiger partial charge in [0.05, 0.1) is 5.92 Å². The lowest BCUT2D eigenvalue weighted by Gasteiger charge is -2.21. The molecule has 1 aliphatic heterocycles. The SMILES string of the molecule is O=C(Nc1ccnc(Cl)c1)[C@@H]1CCCNC1. The summed E-state index contributed by atoms with van der Waals surface area (Å²) in [6, 6.07) is 3.38. The molecule has 2 rings (SSSR count). The van der Waals surface area contributed by atoms with Crippen molar-refractivity contribution in [3.05, 3.63) is 23.5 Å². The first-order valence-corrected chi connectivity index (χ1v) is 5.76. The van der Waals surface area contributed by atoms with E-state index in [9.17, 15) is 4.79 Å². The van der Waals surface area contributed by atoms with Crippen molar-refractivity contribution in [3.8, 4) is 0 Å². The normalized spacial score (nSPS) is 20.4. The van der Waals surface area contributed by atoms with E-state index in [0.29, 0.717) is 10.8 Å². The van der Waals surface area contributed by atoms with Crippen molar-refractivity contribution in [1.82, 2.24) is 10.3 Å². The molecule has 1 aliphatic rings. The largest absolute Gasteiger partial charge is 0.326 e. The topological polar surface area (TPSA) is 54.0 Å². The third-order valence-electron chi connectivity index (χ3n) is 2.66. The molecule has 0 radical (unpaired) electrons. The van der Waals surface area contributed by atoms with Crippen LogP contribution in [-0.2, 0) is 4.79 Å². The van der Waals surface area contributed by atoms with Gasteiger partial charge >= 0.3 is 0 Å². The van der Waals surface area contributed by atoms with Crippen LogP contribution in [0.25, 0.3) is 0 Å². The van der Waals surface area contributed by atoms with Crippen LogP contribution in [0.4, 0.5) is 5.69 Å². The highest BCUT2D eigenvalue weighted by Gasteiger charge is 2.20. The van der Waals surface area contributed by atoms with Gasteiger partial charge in [0.1, 0.15) is 5.15 Å². The van der Waals surface area contributed by atoms with Crippen LogP contribution in [0.5, 0.6) is 0 Å². The second-order valence-corrected chi connectivity index (χ2v) is 4.29. The lowest BCUT2D eigenvalue weighted by Crippen LogP contribution is -2.37. The molecule has 2 heterocycles. The van der Waals surface area contributed by atoms with Gasteiger partial charge in [0.15, 0.2) is 0 Å². The summed E-state index contributed by atoms with van der Waals surface area (Å²) in [5.41, 5.74) is 0.704. The van der Waals surface area contributed by atoms with E-state index in [1.807, 2.05) is 0 Å². The lowest BCUT2D eigenvalue weighted by atomic mass is 9.99. The number of halogens is 1. The summed E-state index contributed by atoms with van der Waals surface area (Å²) in [4.78, 5) is 15.7. The minimum Gasteiger partial charge on any atom is -0.326 e. The highest BCUT2D eigenvalue weighted by molar-refractivity contribution is 6.29. The molecule has 0 spiro atoms. The molecule has 16 heavy (non-hydrogen) atoms. The van der Waals surface area contributed by atoms with Gasteiger partial charge in [-0.3, -0.25) is 4.79 Å². The van der Waals surface area contributed by atoms with Crippen molar-refractivity contribution in [1.29, 1.82) is 0 Å². The standard InChI is InChI=1S/C11H14ClN3O/c12-10-6-9(3-5-14-10)15-11(16)8-2-1-4-13-7-8/h3,5-6,8,13H,1-2,4,7H2,(H,14,15,16)/t8-/m1/s1. The van der Waals surface area contributed by atoms with Crippen LogP contribution in [0.2, 0.25) is 5.15 Å². The second kappa shape index (κ2) is 5.27. The predicted octanol–water partition coefficient (Wildman–Crippen LogP) is 1.67. The van der Waals surface area contributed by atoms with Crippen molar-refractivity contribution in [2.45, 2.75) is 12.8 Å². The Bertz CT molecular complexity index is 377. The van der Waals surface area contributed by atoms with Crippen molar-refractivity contribution in [2.75, 3.05) is 18.4 Å². The molecule has 0 unspecified atom stereocenters. The molecule has 1 fully saturated rings. The average molecular weight is 240 g/mol. The summed E-state index contributed by atoms with van der Waals surface area (Å²) >= 11 is 5.74. The summed E-state index contributed by atoms with van der Waals surface area (Å²) in [6.07, 6.45) is 3.57. The summed E-state index contributed by atoms with van der Waals surface area (Å²) in [5, 5.41) is 6.45. The molecular formula is C11H14ClN3O. The number of anilines is 1. The van der Waals surface area contributed by atoms with Gasteiger partial charge in [-0.05, 0) is 31.5 Å². The Hall–Kier alpha value is -1.13. The first-order chi connectivity index (χ1) is 7.75. The number of nitrogens with one attached hydrogen (secondary N) is 2. The monoisotopic (exact) mass is 239 g/mol. The Morgan fingerprint density at radius 3 is 3.19 bits per heavy atom. The predicted molar refractivity (Wildman–Crippen MR) is 63.5 cm³/mol. The fraction of sp³-hybridized carbons (Fsp3) is 0.455. The van der Waals surface area contributed by atoms with Gasteiger partial charge in [0, 0.05) is 18.4 Å². The quantitative estimate of drug-likeness (QED) is 0.772. The third-order valence-corrected chi connectivity index (χ3v) is 2.87. The minimum atomic E-state index is 0.0504. The number of hydrogen-bond donors (Lipinski definition) is 2. The van der Waals surface area contributed by atoms with Gasteiger partial charge in [-0.15, -0.1) is 0 Å². The zero-order valence-corrected chi connectivity index (χ0v) is 9.63. The molecule has 2 N–H and O–H groups in total. The van der Waals surface area contributed by atoms with E-state index >= 15 is 0 Å². The molecule has 0 bridgehead atoms. The zero-order chi connectivity index (χ0) is 11.4. The molecule has 1 aromatic heterocycles. The molecular weight excluding hydrogens is 226 g/mol. The number of nitrogens with zero attached hydrogens (tertiary/aromatic N) is 1. The smallest absolute Gasteiger partial charge is 0.228 e. The Balaban J connectivity index is 1.96.